The van der Waals surface area contributed by atoms with E-state index in [1.807, 2.05) is 47.9 Å². The summed E-state index contributed by atoms with van der Waals surface area (Å²) < 4.78 is 8.74. The highest BCUT2D eigenvalue weighted by molar-refractivity contribution is 7.13. The molecule has 0 saturated heterocycles. The number of aryl methyl sites for hydroxylation is 1. The summed E-state index contributed by atoms with van der Waals surface area (Å²) in [5.74, 6) is 4.76. The minimum atomic E-state index is 0.333. The fourth-order valence-corrected chi connectivity index (χ4v) is 7.48. The monoisotopic (exact) mass is 706 g/mol. The van der Waals surface area contributed by atoms with Crippen LogP contribution in [0.5, 0.6) is 0 Å². The number of rotatable bonds is 10. The van der Waals surface area contributed by atoms with E-state index < -0.39 is 0 Å². The molecule has 8 rings (SSSR count). The van der Waals surface area contributed by atoms with Crippen LogP contribution in [-0.4, -0.2) is 59.2 Å². The van der Waals surface area contributed by atoms with Crippen molar-refractivity contribution in [1.82, 2.24) is 58.5 Å². The van der Waals surface area contributed by atoms with E-state index >= 15 is 0 Å². The van der Waals surface area contributed by atoms with Crippen LogP contribution in [0.15, 0.2) is 60.2 Å². The Hall–Kier alpha value is -4.95. The maximum atomic E-state index is 4.92. The highest BCUT2D eigenvalue weighted by Gasteiger charge is 2.18. The van der Waals surface area contributed by atoms with Gasteiger partial charge in [0.2, 0.25) is 0 Å². The molecule has 0 amide bonds. The molecule has 8 heterocycles. The fourth-order valence-electron chi connectivity index (χ4n) is 6.19. The molecule has 0 aromatic carbocycles. The van der Waals surface area contributed by atoms with E-state index in [0.29, 0.717) is 31.0 Å². The number of fused-ring (bicyclic) bond motifs is 2. The molecule has 0 radical (unpaired) electrons. The third-order valence-corrected chi connectivity index (χ3v) is 10.4. The first-order chi connectivity index (χ1) is 24.3. The number of aromatic nitrogens is 11. The SMILES string of the molecule is CCn1c(Cn2ccnc2-c2nccs2)nc2c1=CNC(C(C)C)C=2.CCn1c(Cn2ccnc2-c2nccs2)nc2cnc(C(C)C)cc21. The molecule has 7 aromatic rings. The number of thiazole rings is 2. The Morgan fingerprint density at radius 2 is 1.38 bits per heavy atom. The molecular formula is C36H42N12S2. The van der Waals surface area contributed by atoms with Gasteiger partial charge in [-0.3, -0.25) is 4.98 Å². The molecular weight excluding hydrogens is 665 g/mol. The largest absolute Gasteiger partial charge is 0.383 e. The van der Waals surface area contributed by atoms with E-state index in [9.17, 15) is 0 Å². The maximum absolute atomic E-state index is 4.92. The van der Waals surface area contributed by atoms with Crippen molar-refractivity contribution in [3.05, 3.63) is 88.2 Å². The lowest BCUT2D eigenvalue weighted by Gasteiger charge is -2.19. The van der Waals surface area contributed by atoms with Crippen LogP contribution < -0.4 is 16.0 Å². The average molecular weight is 707 g/mol. The van der Waals surface area contributed by atoms with Gasteiger partial charge in [0, 0.05) is 79.0 Å². The van der Waals surface area contributed by atoms with Crippen molar-refractivity contribution in [1.29, 1.82) is 0 Å². The van der Waals surface area contributed by atoms with E-state index in [1.165, 1.54) is 0 Å². The zero-order valence-electron chi connectivity index (χ0n) is 29.2. The molecule has 1 N–H and O–H groups in total. The Kier molecular flexibility index (Phi) is 9.72. The molecule has 0 fully saturated rings. The van der Waals surface area contributed by atoms with Gasteiger partial charge in [0.15, 0.2) is 21.7 Å². The molecule has 0 bridgehead atoms. The maximum Gasteiger partial charge on any atom is 0.169 e. The number of pyridine rings is 1. The number of hydrogen-bond acceptors (Lipinski definition) is 10. The quantitative estimate of drug-likeness (QED) is 0.202. The van der Waals surface area contributed by atoms with Crippen LogP contribution >= 0.6 is 22.7 Å². The molecule has 1 unspecified atom stereocenters. The van der Waals surface area contributed by atoms with Crippen molar-refractivity contribution in [3.63, 3.8) is 0 Å². The summed E-state index contributed by atoms with van der Waals surface area (Å²) in [5.41, 5.74) is 3.18. The first-order valence-corrected chi connectivity index (χ1v) is 18.8. The van der Waals surface area contributed by atoms with Crippen molar-refractivity contribution >= 4 is 46.0 Å². The van der Waals surface area contributed by atoms with Crippen molar-refractivity contribution in [2.45, 2.75) is 79.7 Å². The summed E-state index contributed by atoms with van der Waals surface area (Å²) >= 11 is 3.20. The molecule has 1 atom stereocenters. The Labute approximate surface area is 299 Å². The van der Waals surface area contributed by atoms with Crippen LogP contribution in [0.25, 0.3) is 45.0 Å². The Morgan fingerprint density at radius 3 is 1.92 bits per heavy atom. The summed E-state index contributed by atoms with van der Waals surface area (Å²) in [4.78, 5) is 32.0. The average Bonchev–Trinajstić information content (AvgIpc) is 3.96. The van der Waals surface area contributed by atoms with Gasteiger partial charge in [0.25, 0.3) is 0 Å². The molecule has 258 valence electrons. The van der Waals surface area contributed by atoms with Gasteiger partial charge in [-0.2, -0.15) is 0 Å². The summed E-state index contributed by atoms with van der Waals surface area (Å²) in [7, 11) is 0. The lowest BCUT2D eigenvalue weighted by atomic mass is 10.0. The van der Waals surface area contributed by atoms with Gasteiger partial charge in [-0.1, -0.05) is 27.7 Å². The molecule has 14 heteroatoms. The molecule has 50 heavy (non-hydrogen) atoms. The second-order valence-corrected chi connectivity index (χ2v) is 14.5. The lowest BCUT2D eigenvalue weighted by molar-refractivity contribution is 0.541. The van der Waals surface area contributed by atoms with Gasteiger partial charge in [-0.05, 0) is 37.8 Å². The van der Waals surface area contributed by atoms with E-state index in [1.54, 1.807) is 28.9 Å². The second kappa shape index (κ2) is 14.5. The van der Waals surface area contributed by atoms with E-state index in [4.69, 9.17) is 9.97 Å². The highest BCUT2D eigenvalue weighted by atomic mass is 32.1. The van der Waals surface area contributed by atoms with Crippen LogP contribution in [0.3, 0.4) is 0 Å². The fraction of sp³-hybridized carbons (Fsp3) is 0.361. The molecule has 0 saturated carbocycles. The third kappa shape index (κ3) is 6.64. The van der Waals surface area contributed by atoms with Crippen molar-refractivity contribution in [2.75, 3.05) is 0 Å². The van der Waals surface area contributed by atoms with Crippen LogP contribution in [0.4, 0.5) is 0 Å². The van der Waals surface area contributed by atoms with Gasteiger partial charge in [0.1, 0.15) is 17.2 Å². The predicted molar refractivity (Wildman–Crippen MR) is 200 cm³/mol. The number of imidazole rings is 4. The van der Waals surface area contributed by atoms with Crippen LogP contribution in [0.2, 0.25) is 0 Å². The summed E-state index contributed by atoms with van der Waals surface area (Å²) in [5, 5.41) is 11.5. The van der Waals surface area contributed by atoms with E-state index in [-0.39, 0.29) is 0 Å². The number of nitrogens with one attached hydrogen (secondary N) is 1. The smallest absolute Gasteiger partial charge is 0.169 e. The molecule has 1 aliphatic rings. The Balaban J connectivity index is 0.000000157. The molecule has 1 aliphatic heterocycles. The summed E-state index contributed by atoms with van der Waals surface area (Å²) in [6.45, 7) is 16.2. The van der Waals surface area contributed by atoms with Crippen molar-refractivity contribution in [2.24, 2.45) is 5.92 Å². The van der Waals surface area contributed by atoms with Gasteiger partial charge in [0.05, 0.1) is 35.5 Å². The zero-order valence-corrected chi connectivity index (χ0v) is 30.9. The second-order valence-electron chi connectivity index (χ2n) is 12.7. The number of hydrogen-bond donors (Lipinski definition) is 1. The lowest BCUT2D eigenvalue weighted by Crippen LogP contribution is -2.43. The van der Waals surface area contributed by atoms with Crippen LogP contribution in [-0.2, 0) is 26.2 Å². The third-order valence-electron chi connectivity index (χ3n) is 8.84. The minimum absolute atomic E-state index is 0.333. The predicted octanol–water partition coefficient (Wildman–Crippen LogP) is 5.36. The standard InChI is InChI=1S/C18H20N6S.C18H22N6S/c1-4-24-15-9-13(12(2)3)21-10-14(15)22-16(24)11-23-7-5-19-17(23)18-20-6-8-25-18;1-4-24-15-10-21-13(12(2)3)9-14(15)22-16(24)11-23-7-5-19-17(23)18-20-6-8-25-18/h5-10,12H,4,11H2,1-3H3;5-10,12-13,21H,4,11H2,1-3H3. The first-order valence-electron chi connectivity index (χ1n) is 17.0. The first kappa shape index (κ1) is 33.5. The van der Waals surface area contributed by atoms with E-state index in [2.05, 4.69) is 108 Å². The Bertz CT molecular complexity index is 2300. The molecule has 0 spiro atoms. The molecule has 7 aromatic heterocycles. The van der Waals surface area contributed by atoms with Crippen LogP contribution in [0, 0.1) is 5.92 Å². The zero-order chi connectivity index (χ0) is 34.8. The van der Waals surface area contributed by atoms with Crippen molar-refractivity contribution in [3.8, 4) is 21.7 Å². The Morgan fingerprint density at radius 1 is 0.760 bits per heavy atom. The van der Waals surface area contributed by atoms with Gasteiger partial charge in [-0.25, -0.2) is 29.9 Å². The van der Waals surface area contributed by atoms with Gasteiger partial charge in [-0.15, -0.1) is 22.7 Å². The van der Waals surface area contributed by atoms with E-state index in [0.717, 1.165) is 73.8 Å². The minimum Gasteiger partial charge on any atom is -0.383 e. The van der Waals surface area contributed by atoms with Gasteiger partial charge >= 0.3 is 0 Å². The summed E-state index contributed by atoms with van der Waals surface area (Å²) in [6.07, 6.45) is 17.5. The normalized spacial score (nSPS) is 14.0. The molecule has 12 nitrogen and oxygen atoms in total. The topological polar surface area (TPSA) is 122 Å². The van der Waals surface area contributed by atoms with Crippen LogP contribution in [0.1, 0.15) is 64.8 Å². The summed E-state index contributed by atoms with van der Waals surface area (Å²) in [6, 6.07) is 2.50. The highest BCUT2D eigenvalue weighted by Crippen LogP contribution is 2.24. The van der Waals surface area contributed by atoms with Gasteiger partial charge < -0.3 is 23.6 Å². The van der Waals surface area contributed by atoms with Crippen molar-refractivity contribution < 1.29 is 0 Å². The molecule has 0 aliphatic carbocycles. The number of nitrogens with zero attached hydrogens (tertiary/aromatic N) is 11.